The second-order valence-corrected chi connectivity index (χ2v) is 5.54. The third-order valence-corrected chi connectivity index (χ3v) is 4.07. The van der Waals surface area contributed by atoms with Crippen molar-refractivity contribution in [3.8, 4) is 5.75 Å². The first-order valence-electron chi connectivity index (χ1n) is 7.55. The zero-order valence-corrected chi connectivity index (χ0v) is 11.8. The van der Waals surface area contributed by atoms with Gasteiger partial charge in [0.15, 0.2) is 0 Å². The predicted octanol–water partition coefficient (Wildman–Crippen LogP) is 3.24. The summed E-state index contributed by atoms with van der Waals surface area (Å²) in [5.74, 6) is 0.949. The average molecular weight is 271 g/mol. The molecule has 0 saturated carbocycles. The summed E-state index contributed by atoms with van der Waals surface area (Å²) in [7, 11) is 0. The number of nitrogens with one attached hydrogen (secondary N) is 1. The Hall–Kier alpha value is -1.77. The summed E-state index contributed by atoms with van der Waals surface area (Å²) in [5, 5.41) is 3.02. The van der Waals surface area contributed by atoms with Gasteiger partial charge in [-0.25, -0.2) is 0 Å². The van der Waals surface area contributed by atoms with Crippen LogP contribution in [0.15, 0.2) is 29.8 Å². The largest absolute Gasteiger partial charge is 0.493 e. The molecule has 1 aromatic carbocycles. The van der Waals surface area contributed by atoms with Crippen LogP contribution in [0.3, 0.4) is 0 Å². The van der Waals surface area contributed by atoms with Gasteiger partial charge in [0.25, 0.3) is 5.91 Å². The van der Waals surface area contributed by atoms with Crippen molar-refractivity contribution in [2.45, 2.75) is 38.5 Å². The molecule has 0 atom stereocenters. The molecule has 3 heteroatoms. The summed E-state index contributed by atoms with van der Waals surface area (Å²) < 4.78 is 5.45. The molecule has 0 saturated heterocycles. The second kappa shape index (κ2) is 6.12. The van der Waals surface area contributed by atoms with Gasteiger partial charge < -0.3 is 10.1 Å². The maximum atomic E-state index is 12.1. The first-order chi connectivity index (χ1) is 9.83. The van der Waals surface area contributed by atoms with E-state index in [0.29, 0.717) is 0 Å². The number of carbonyl (C=O) groups is 1. The predicted molar refractivity (Wildman–Crippen MR) is 79.1 cm³/mol. The van der Waals surface area contributed by atoms with Crippen molar-refractivity contribution in [1.82, 2.24) is 5.32 Å². The van der Waals surface area contributed by atoms with Crippen molar-refractivity contribution in [3.05, 3.63) is 41.0 Å². The van der Waals surface area contributed by atoms with Crippen LogP contribution in [0.4, 0.5) is 0 Å². The highest BCUT2D eigenvalue weighted by molar-refractivity contribution is 5.94. The molecule has 1 aliphatic heterocycles. The van der Waals surface area contributed by atoms with E-state index >= 15 is 0 Å². The lowest BCUT2D eigenvalue weighted by Gasteiger charge is -2.13. The van der Waals surface area contributed by atoms with Crippen LogP contribution in [-0.2, 0) is 6.42 Å². The monoisotopic (exact) mass is 271 g/mol. The summed E-state index contributed by atoms with van der Waals surface area (Å²) in [5.41, 5.74) is 3.39. The van der Waals surface area contributed by atoms with Crippen molar-refractivity contribution >= 4 is 5.91 Å². The fraction of sp³-hybridized carbons (Fsp3) is 0.471. The van der Waals surface area contributed by atoms with E-state index in [-0.39, 0.29) is 5.91 Å². The molecule has 1 aliphatic carbocycles. The van der Waals surface area contributed by atoms with Crippen molar-refractivity contribution in [1.29, 1.82) is 0 Å². The van der Waals surface area contributed by atoms with Crippen molar-refractivity contribution in [2.24, 2.45) is 0 Å². The Balaban J connectivity index is 1.52. The highest BCUT2D eigenvalue weighted by atomic mass is 16.5. The number of hydrogen-bond donors (Lipinski definition) is 1. The minimum atomic E-state index is 0.0242. The molecule has 2 aliphatic rings. The molecule has 3 rings (SSSR count). The Kier molecular flexibility index (Phi) is 4.05. The maximum absolute atomic E-state index is 12.1. The Labute approximate surface area is 120 Å². The Morgan fingerprint density at radius 2 is 2.20 bits per heavy atom. The Morgan fingerprint density at radius 1 is 1.25 bits per heavy atom. The number of fused-ring (bicyclic) bond motifs is 1. The van der Waals surface area contributed by atoms with Crippen LogP contribution in [0.2, 0.25) is 0 Å². The van der Waals surface area contributed by atoms with Crippen LogP contribution in [0.1, 0.15) is 48.0 Å². The van der Waals surface area contributed by atoms with E-state index in [9.17, 15) is 4.79 Å². The lowest BCUT2D eigenvalue weighted by atomic mass is 9.97. The number of benzene rings is 1. The van der Waals surface area contributed by atoms with Crippen LogP contribution in [0, 0.1) is 0 Å². The lowest BCUT2D eigenvalue weighted by molar-refractivity contribution is 0.0954. The first-order valence-corrected chi connectivity index (χ1v) is 7.55. The fourth-order valence-corrected chi connectivity index (χ4v) is 2.90. The highest BCUT2D eigenvalue weighted by Crippen LogP contribution is 2.25. The number of hydrogen-bond acceptors (Lipinski definition) is 2. The summed E-state index contributed by atoms with van der Waals surface area (Å²) in [6, 6.07) is 5.71. The van der Waals surface area contributed by atoms with E-state index in [2.05, 4.69) is 11.4 Å². The SMILES string of the molecule is O=C(NCCC1=CCCCC1)c1ccc2c(c1)CCO2. The zero-order valence-electron chi connectivity index (χ0n) is 11.8. The van der Waals surface area contributed by atoms with Gasteiger partial charge in [-0.2, -0.15) is 0 Å². The molecule has 0 aromatic heterocycles. The van der Waals surface area contributed by atoms with E-state index in [1.54, 1.807) is 0 Å². The van der Waals surface area contributed by atoms with Crippen molar-refractivity contribution in [2.75, 3.05) is 13.2 Å². The molecular formula is C17H21NO2. The van der Waals surface area contributed by atoms with Crippen LogP contribution in [0.5, 0.6) is 5.75 Å². The van der Waals surface area contributed by atoms with E-state index < -0.39 is 0 Å². The number of allylic oxidation sites excluding steroid dienone is 1. The minimum absolute atomic E-state index is 0.0242. The molecule has 1 N–H and O–H groups in total. The first kappa shape index (κ1) is 13.2. The standard InChI is InChI=1S/C17H21NO2/c19-17(18-10-8-13-4-2-1-3-5-13)15-6-7-16-14(12-15)9-11-20-16/h4,6-7,12H,1-3,5,8-11H2,(H,18,19). The lowest BCUT2D eigenvalue weighted by Crippen LogP contribution is -2.24. The van der Waals surface area contributed by atoms with E-state index in [1.165, 1.54) is 31.3 Å². The van der Waals surface area contributed by atoms with Gasteiger partial charge >= 0.3 is 0 Å². The van der Waals surface area contributed by atoms with Gasteiger partial charge in [-0.3, -0.25) is 4.79 Å². The summed E-state index contributed by atoms with van der Waals surface area (Å²) in [6.07, 6.45) is 9.24. The van der Waals surface area contributed by atoms with Crippen LogP contribution >= 0.6 is 0 Å². The molecule has 106 valence electrons. The Bertz CT molecular complexity index is 534. The molecule has 1 aromatic rings. The molecule has 20 heavy (non-hydrogen) atoms. The van der Waals surface area contributed by atoms with Crippen LogP contribution in [-0.4, -0.2) is 19.1 Å². The molecule has 0 radical (unpaired) electrons. The number of amides is 1. The van der Waals surface area contributed by atoms with E-state index in [0.717, 1.165) is 42.9 Å². The third-order valence-electron chi connectivity index (χ3n) is 4.07. The molecule has 0 fully saturated rings. The maximum Gasteiger partial charge on any atom is 0.251 e. The third kappa shape index (κ3) is 3.03. The van der Waals surface area contributed by atoms with Gasteiger partial charge in [-0.05, 0) is 55.9 Å². The normalized spacial score (nSPS) is 17.1. The van der Waals surface area contributed by atoms with E-state index in [1.807, 2.05) is 18.2 Å². The summed E-state index contributed by atoms with van der Waals surface area (Å²) in [6.45, 7) is 1.47. The van der Waals surface area contributed by atoms with E-state index in [4.69, 9.17) is 4.74 Å². The van der Waals surface area contributed by atoms with Gasteiger partial charge in [-0.15, -0.1) is 0 Å². The van der Waals surface area contributed by atoms with Gasteiger partial charge in [0, 0.05) is 18.5 Å². The number of ether oxygens (including phenoxy) is 1. The smallest absolute Gasteiger partial charge is 0.251 e. The van der Waals surface area contributed by atoms with Gasteiger partial charge in [0.2, 0.25) is 0 Å². The average Bonchev–Trinajstić information content (AvgIpc) is 2.95. The van der Waals surface area contributed by atoms with Crippen LogP contribution in [0.25, 0.3) is 0 Å². The molecule has 0 spiro atoms. The molecular weight excluding hydrogens is 250 g/mol. The van der Waals surface area contributed by atoms with Crippen molar-refractivity contribution < 1.29 is 9.53 Å². The van der Waals surface area contributed by atoms with Gasteiger partial charge in [0.05, 0.1) is 6.61 Å². The van der Waals surface area contributed by atoms with Gasteiger partial charge in [0.1, 0.15) is 5.75 Å². The second-order valence-electron chi connectivity index (χ2n) is 5.54. The topological polar surface area (TPSA) is 38.3 Å². The molecule has 1 amide bonds. The van der Waals surface area contributed by atoms with Crippen molar-refractivity contribution in [3.63, 3.8) is 0 Å². The zero-order chi connectivity index (χ0) is 13.8. The number of rotatable bonds is 4. The molecule has 0 unspecified atom stereocenters. The van der Waals surface area contributed by atoms with Crippen LogP contribution < -0.4 is 10.1 Å². The quantitative estimate of drug-likeness (QED) is 0.854. The molecule has 1 heterocycles. The molecule has 0 bridgehead atoms. The highest BCUT2D eigenvalue weighted by Gasteiger charge is 2.14. The minimum Gasteiger partial charge on any atom is -0.493 e. The van der Waals surface area contributed by atoms with Gasteiger partial charge in [-0.1, -0.05) is 11.6 Å². The summed E-state index contributed by atoms with van der Waals surface area (Å²) >= 11 is 0. The Morgan fingerprint density at radius 3 is 3.05 bits per heavy atom. The summed E-state index contributed by atoms with van der Waals surface area (Å²) in [4.78, 5) is 12.1. The molecule has 3 nitrogen and oxygen atoms in total. The fourth-order valence-electron chi connectivity index (χ4n) is 2.90. The number of carbonyl (C=O) groups excluding carboxylic acids is 1.